The lowest BCUT2D eigenvalue weighted by Gasteiger charge is -2.33. The van der Waals surface area contributed by atoms with Gasteiger partial charge in [0.1, 0.15) is 22.9 Å². The SMILES string of the molecule is CCCCCCCCCC1CCC(C(F)(F)Oc2cc(F)c(C(F)(F)OC3CCC(c4cc(F)c(F)c(F)c4)CC3)c(F)c2)CC1. The van der Waals surface area contributed by atoms with Crippen molar-refractivity contribution < 1.29 is 49.0 Å². The molecule has 46 heavy (non-hydrogen) atoms. The molecule has 2 saturated carbocycles. The predicted octanol–water partition coefficient (Wildman–Crippen LogP) is 12.1. The molecule has 0 aromatic heterocycles. The summed E-state index contributed by atoms with van der Waals surface area (Å²) in [6, 6.07) is 2.31. The van der Waals surface area contributed by atoms with Gasteiger partial charge in [-0.05, 0) is 80.9 Å². The number of hydrogen-bond acceptors (Lipinski definition) is 2. The molecule has 0 aliphatic heterocycles. The Kier molecular flexibility index (Phi) is 12.8. The molecular weight excluding hydrogens is 623 g/mol. The molecule has 0 saturated heterocycles. The molecular formula is C35H43F9O2. The molecule has 0 unspecified atom stereocenters. The van der Waals surface area contributed by atoms with E-state index in [0.29, 0.717) is 30.9 Å². The van der Waals surface area contributed by atoms with Crippen LogP contribution in [0.2, 0.25) is 0 Å². The summed E-state index contributed by atoms with van der Waals surface area (Å²) in [5.41, 5.74) is -1.55. The third-order valence-electron chi connectivity index (χ3n) is 9.56. The number of alkyl halides is 4. The molecule has 2 aliphatic carbocycles. The number of hydrogen-bond donors (Lipinski definition) is 0. The lowest BCUT2D eigenvalue weighted by Crippen LogP contribution is -2.37. The molecule has 258 valence electrons. The van der Waals surface area contributed by atoms with Crippen LogP contribution in [0.25, 0.3) is 0 Å². The van der Waals surface area contributed by atoms with Crippen LogP contribution in [0, 0.1) is 40.9 Å². The molecule has 0 N–H and O–H groups in total. The quantitative estimate of drug-likeness (QED) is 0.107. The Labute approximate surface area is 265 Å². The summed E-state index contributed by atoms with van der Waals surface area (Å²) in [6.07, 6.45) is 1.74. The third-order valence-corrected chi connectivity index (χ3v) is 9.56. The second-order valence-corrected chi connectivity index (χ2v) is 13.0. The first-order valence-corrected chi connectivity index (χ1v) is 16.6. The van der Waals surface area contributed by atoms with Gasteiger partial charge in [0, 0.05) is 12.1 Å². The maximum Gasteiger partial charge on any atom is 0.400 e. The van der Waals surface area contributed by atoms with Gasteiger partial charge in [0.2, 0.25) is 0 Å². The van der Waals surface area contributed by atoms with Gasteiger partial charge in [-0.3, -0.25) is 0 Å². The lowest BCUT2D eigenvalue weighted by atomic mass is 9.79. The van der Waals surface area contributed by atoms with Gasteiger partial charge in [0.15, 0.2) is 17.5 Å². The second kappa shape index (κ2) is 16.1. The summed E-state index contributed by atoms with van der Waals surface area (Å²) in [7, 11) is 0. The minimum absolute atomic E-state index is 0.0289. The van der Waals surface area contributed by atoms with Crippen LogP contribution in [-0.4, -0.2) is 12.2 Å². The molecule has 0 atom stereocenters. The molecule has 11 heteroatoms. The van der Waals surface area contributed by atoms with E-state index < -0.39 is 70.6 Å². The highest BCUT2D eigenvalue weighted by Crippen LogP contribution is 2.44. The summed E-state index contributed by atoms with van der Waals surface area (Å²) in [5.74, 6) is -10.1. The number of ether oxygens (including phenoxy) is 2. The van der Waals surface area contributed by atoms with Crippen molar-refractivity contribution in [2.24, 2.45) is 11.8 Å². The minimum atomic E-state index is -4.44. The fourth-order valence-corrected chi connectivity index (χ4v) is 6.90. The molecule has 0 amide bonds. The Morgan fingerprint density at radius 3 is 1.76 bits per heavy atom. The van der Waals surface area contributed by atoms with Crippen molar-refractivity contribution >= 4 is 0 Å². The first kappa shape index (κ1) is 36.4. The first-order chi connectivity index (χ1) is 21.8. The molecule has 4 rings (SSSR count). The molecule has 2 aromatic carbocycles. The van der Waals surface area contributed by atoms with Gasteiger partial charge in [-0.1, -0.05) is 58.3 Å². The molecule has 0 bridgehead atoms. The van der Waals surface area contributed by atoms with Gasteiger partial charge < -0.3 is 9.47 Å². The van der Waals surface area contributed by atoms with Crippen LogP contribution in [-0.2, 0) is 10.8 Å². The Hall–Kier alpha value is -2.43. The summed E-state index contributed by atoms with van der Waals surface area (Å²) in [6.45, 7) is 2.17. The largest absolute Gasteiger partial charge is 0.432 e. The third kappa shape index (κ3) is 9.57. The zero-order valence-electron chi connectivity index (χ0n) is 26.2. The molecule has 0 radical (unpaired) electrons. The van der Waals surface area contributed by atoms with E-state index in [1.54, 1.807) is 0 Å². The molecule has 0 spiro atoms. The van der Waals surface area contributed by atoms with Crippen molar-refractivity contribution in [3.8, 4) is 5.75 Å². The van der Waals surface area contributed by atoms with E-state index in [1.807, 2.05) is 0 Å². The van der Waals surface area contributed by atoms with Crippen LogP contribution in [0.15, 0.2) is 24.3 Å². The van der Waals surface area contributed by atoms with Crippen LogP contribution < -0.4 is 4.74 Å². The predicted molar refractivity (Wildman–Crippen MR) is 156 cm³/mol. The molecule has 2 aromatic rings. The van der Waals surface area contributed by atoms with E-state index >= 15 is 8.78 Å². The van der Waals surface area contributed by atoms with E-state index in [1.165, 1.54) is 32.1 Å². The minimum Gasteiger partial charge on any atom is -0.432 e. The molecule has 0 heterocycles. The van der Waals surface area contributed by atoms with E-state index in [9.17, 15) is 30.7 Å². The zero-order chi connectivity index (χ0) is 33.5. The van der Waals surface area contributed by atoms with Crippen molar-refractivity contribution in [3.05, 3.63) is 64.5 Å². The lowest BCUT2D eigenvalue weighted by molar-refractivity contribution is -0.280. The van der Waals surface area contributed by atoms with E-state index in [-0.39, 0.29) is 44.1 Å². The van der Waals surface area contributed by atoms with Crippen LogP contribution >= 0.6 is 0 Å². The van der Waals surface area contributed by atoms with E-state index in [2.05, 4.69) is 6.92 Å². The van der Waals surface area contributed by atoms with E-state index in [0.717, 1.165) is 31.4 Å². The van der Waals surface area contributed by atoms with Gasteiger partial charge >= 0.3 is 12.2 Å². The monoisotopic (exact) mass is 666 g/mol. The summed E-state index contributed by atoms with van der Waals surface area (Å²) < 4.78 is 140. The smallest absolute Gasteiger partial charge is 0.400 e. The highest BCUT2D eigenvalue weighted by molar-refractivity contribution is 5.33. The van der Waals surface area contributed by atoms with Crippen molar-refractivity contribution in [1.82, 2.24) is 0 Å². The fraction of sp³-hybridized carbons (Fsp3) is 0.657. The number of unbranched alkanes of at least 4 members (excludes halogenated alkanes) is 6. The molecule has 2 nitrogen and oxygen atoms in total. The molecule has 2 aliphatic rings. The normalized spacial score (nSPS) is 22.7. The van der Waals surface area contributed by atoms with Crippen LogP contribution in [0.1, 0.15) is 127 Å². The molecule has 2 fully saturated rings. The van der Waals surface area contributed by atoms with Gasteiger partial charge in [0.25, 0.3) is 0 Å². The highest BCUT2D eigenvalue weighted by atomic mass is 19.3. The van der Waals surface area contributed by atoms with Gasteiger partial charge in [-0.15, -0.1) is 0 Å². The summed E-state index contributed by atoms with van der Waals surface area (Å²) in [5, 5.41) is 0. The average Bonchev–Trinajstić information content (AvgIpc) is 2.99. The summed E-state index contributed by atoms with van der Waals surface area (Å²) >= 11 is 0. The van der Waals surface area contributed by atoms with Crippen LogP contribution in [0.4, 0.5) is 39.5 Å². The zero-order valence-corrected chi connectivity index (χ0v) is 26.2. The van der Waals surface area contributed by atoms with Crippen molar-refractivity contribution in [2.75, 3.05) is 0 Å². The Morgan fingerprint density at radius 1 is 0.652 bits per heavy atom. The van der Waals surface area contributed by atoms with Crippen molar-refractivity contribution in [1.29, 1.82) is 0 Å². The van der Waals surface area contributed by atoms with Crippen LogP contribution in [0.3, 0.4) is 0 Å². The number of rotatable bonds is 15. The number of halogens is 9. The van der Waals surface area contributed by atoms with Crippen molar-refractivity contribution in [3.63, 3.8) is 0 Å². The highest BCUT2D eigenvalue weighted by Gasteiger charge is 2.46. The van der Waals surface area contributed by atoms with Gasteiger partial charge in [-0.2, -0.15) is 17.6 Å². The summed E-state index contributed by atoms with van der Waals surface area (Å²) in [4.78, 5) is 0. The van der Waals surface area contributed by atoms with Gasteiger partial charge in [-0.25, -0.2) is 22.0 Å². The topological polar surface area (TPSA) is 18.5 Å². The van der Waals surface area contributed by atoms with Crippen molar-refractivity contribution in [2.45, 2.75) is 134 Å². The van der Waals surface area contributed by atoms with Gasteiger partial charge in [0.05, 0.1) is 12.0 Å². The van der Waals surface area contributed by atoms with E-state index in [4.69, 9.17) is 9.47 Å². The Balaban J connectivity index is 1.28. The Bertz CT molecular complexity index is 1220. The average molecular weight is 667 g/mol. The Morgan fingerprint density at radius 2 is 1.20 bits per heavy atom. The standard InChI is InChI=1S/C35H43F9O2/c1-2-3-4-5-6-7-8-9-22-10-14-25(15-11-22)34(41,42)46-27-20-28(36)32(29(37)21-27)35(43,44)45-26-16-12-23(13-17-26)24-18-30(38)33(40)31(39)19-24/h18-23,25-26H,2-17H2,1H3. The maximum absolute atomic E-state index is 15.0. The number of benzene rings is 2. The van der Waals surface area contributed by atoms with Crippen LogP contribution in [0.5, 0.6) is 5.75 Å². The fourth-order valence-electron chi connectivity index (χ4n) is 6.90. The first-order valence-electron chi connectivity index (χ1n) is 16.6. The second-order valence-electron chi connectivity index (χ2n) is 13.0. The maximum atomic E-state index is 15.0.